The summed E-state index contributed by atoms with van der Waals surface area (Å²) in [6.45, 7) is -2.86. The number of nitrogens with zero attached hydrogens (tertiary/aromatic N) is 1. The van der Waals surface area contributed by atoms with Gasteiger partial charge in [-0.15, -0.1) is 0 Å². The maximum Gasteiger partial charge on any atom is 0.387 e. The van der Waals surface area contributed by atoms with Gasteiger partial charge in [-0.3, -0.25) is 4.79 Å². The zero-order valence-corrected chi connectivity index (χ0v) is 9.97. The molecule has 0 aromatic heterocycles. The minimum Gasteiger partial charge on any atom is -0.435 e. The molecular formula is C12H15F2NO3. The molecule has 1 amide bonds. The van der Waals surface area contributed by atoms with Crippen LogP contribution in [0.15, 0.2) is 24.3 Å². The summed E-state index contributed by atoms with van der Waals surface area (Å²) in [6, 6.07) is 6.15. The number of hydrogen-bond donors (Lipinski definition) is 1. The molecule has 0 atom stereocenters. The molecule has 0 aliphatic rings. The number of amides is 1. The quantitative estimate of drug-likeness (QED) is 0.837. The topological polar surface area (TPSA) is 49.8 Å². The number of aliphatic hydroxyl groups excluding tert-OH is 1. The second-order valence-electron chi connectivity index (χ2n) is 3.70. The first-order chi connectivity index (χ1) is 8.54. The van der Waals surface area contributed by atoms with Crippen LogP contribution < -0.4 is 4.74 Å². The van der Waals surface area contributed by atoms with Crippen LogP contribution in [-0.4, -0.2) is 42.7 Å². The summed E-state index contributed by atoms with van der Waals surface area (Å²) in [6.07, 6.45) is -0.0423. The van der Waals surface area contributed by atoms with E-state index < -0.39 is 6.61 Å². The van der Waals surface area contributed by atoms with Crippen LogP contribution in [0.3, 0.4) is 0 Å². The monoisotopic (exact) mass is 259 g/mol. The molecule has 1 aromatic rings. The van der Waals surface area contributed by atoms with E-state index in [0.29, 0.717) is 5.56 Å². The number of benzene rings is 1. The van der Waals surface area contributed by atoms with Crippen molar-refractivity contribution in [3.05, 3.63) is 29.8 Å². The lowest BCUT2D eigenvalue weighted by molar-refractivity contribution is -0.129. The molecule has 0 spiro atoms. The molecule has 0 aliphatic heterocycles. The summed E-state index contributed by atoms with van der Waals surface area (Å²) < 4.78 is 28.7. The molecule has 1 N–H and O–H groups in total. The van der Waals surface area contributed by atoms with E-state index in [1.54, 1.807) is 18.2 Å². The highest BCUT2D eigenvalue weighted by Crippen LogP contribution is 2.21. The Balaban J connectivity index is 2.74. The second kappa shape index (κ2) is 6.90. The van der Waals surface area contributed by atoms with E-state index in [9.17, 15) is 13.6 Å². The van der Waals surface area contributed by atoms with Crippen LogP contribution in [0.2, 0.25) is 0 Å². The minimum atomic E-state index is -2.92. The highest BCUT2D eigenvalue weighted by atomic mass is 19.3. The highest BCUT2D eigenvalue weighted by Gasteiger charge is 2.14. The average molecular weight is 259 g/mol. The first-order valence-corrected chi connectivity index (χ1v) is 5.42. The fourth-order valence-corrected chi connectivity index (χ4v) is 1.43. The molecule has 0 saturated heterocycles. The summed E-state index contributed by atoms with van der Waals surface area (Å²) in [7, 11) is 1.54. The smallest absolute Gasteiger partial charge is 0.387 e. The zero-order valence-electron chi connectivity index (χ0n) is 9.97. The number of para-hydroxylation sites is 1. The first-order valence-electron chi connectivity index (χ1n) is 5.42. The Morgan fingerprint density at radius 3 is 2.72 bits per heavy atom. The molecule has 0 saturated carbocycles. The molecule has 100 valence electrons. The molecule has 1 rings (SSSR count). The van der Waals surface area contributed by atoms with E-state index in [1.807, 2.05) is 0 Å². The number of aliphatic hydroxyl groups is 1. The predicted molar refractivity (Wildman–Crippen MR) is 61.5 cm³/mol. The largest absolute Gasteiger partial charge is 0.435 e. The highest BCUT2D eigenvalue weighted by molar-refractivity contribution is 5.79. The Bertz CT molecular complexity index is 399. The van der Waals surface area contributed by atoms with Crippen LogP contribution in [0.25, 0.3) is 0 Å². The number of rotatable bonds is 6. The SMILES string of the molecule is CN(CCO)C(=O)Cc1ccccc1OC(F)F. The lowest BCUT2D eigenvalue weighted by atomic mass is 10.1. The molecular weight excluding hydrogens is 244 g/mol. The summed E-state index contributed by atoms with van der Waals surface area (Å²) in [5.74, 6) is -0.271. The van der Waals surface area contributed by atoms with E-state index in [-0.39, 0.29) is 31.2 Å². The Kier molecular flexibility index (Phi) is 5.51. The molecule has 18 heavy (non-hydrogen) atoms. The van der Waals surface area contributed by atoms with E-state index in [1.165, 1.54) is 18.0 Å². The van der Waals surface area contributed by atoms with Gasteiger partial charge in [-0.05, 0) is 6.07 Å². The minimum absolute atomic E-state index is 0.00162. The van der Waals surface area contributed by atoms with Crippen molar-refractivity contribution in [2.75, 3.05) is 20.2 Å². The molecule has 0 fully saturated rings. The van der Waals surface area contributed by atoms with Gasteiger partial charge in [0.15, 0.2) is 0 Å². The van der Waals surface area contributed by atoms with Gasteiger partial charge < -0.3 is 14.7 Å². The molecule has 4 nitrogen and oxygen atoms in total. The maximum absolute atomic E-state index is 12.2. The average Bonchev–Trinajstić information content (AvgIpc) is 2.31. The van der Waals surface area contributed by atoms with Crippen molar-refractivity contribution in [3.63, 3.8) is 0 Å². The number of likely N-dealkylation sites (N-methyl/N-ethyl adjacent to an activating group) is 1. The second-order valence-corrected chi connectivity index (χ2v) is 3.70. The summed E-state index contributed by atoms with van der Waals surface area (Å²) >= 11 is 0. The van der Waals surface area contributed by atoms with Crippen LogP contribution >= 0.6 is 0 Å². The molecule has 0 heterocycles. The number of carbonyl (C=O) groups excluding carboxylic acids is 1. The Morgan fingerprint density at radius 2 is 2.11 bits per heavy atom. The van der Waals surface area contributed by atoms with Crippen molar-refractivity contribution in [2.45, 2.75) is 13.0 Å². The molecule has 1 aromatic carbocycles. The van der Waals surface area contributed by atoms with Gasteiger partial charge in [0.2, 0.25) is 5.91 Å². The lowest BCUT2D eigenvalue weighted by Crippen LogP contribution is -2.30. The fraction of sp³-hybridized carbons (Fsp3) is 0.417. The Labute approximate surface area is 104 Å². The van der Waals surface area contributed by atoms with Crippen LogP contribution in [0.5, 0.6) is 5.75 Å². The standard InChI is InChI=1S/C12H15F2NO3/c1-15(6-7-16)11(17)8-9-4-2-3-5-10(9)18-12(13)14/h2-5,12,16H,6-8H2,1H3. The van der Waals surface area contributed by atoms with Crippen molar-refractivity contribution in [1.29, 1.82) is 0 Å². The van der Waals surface area contributed by atoms with Gasteiger partial charge in [0.1, 0.15) is 5.75 Å². The van der Waals surface area contributed by atoms with Gasteiger partial charge in [-0.25, -0.2) is 0 Å². The fourth-order valence-electron chi connectivity index (χ4n) is 1.43. The predicted octanol–water partition coefficient (Wildman–Crippen LogP) is 1.28. The van der Waals surface area contributed by atoms with E-state index in [0.717, 1.165) is 0 Å². The third-order valence-corrected chi connectivity index (χ3v) is 2.39. The summed E-state index contributed by atoms with van der Waals surface area (Å²) in [4.78, 5) is 13.0. The van der Waals surface area contributed by atoms with E-state index in [2.05, 4.69) is 4.74 Å². The Hall–Kier alpha value is -1.69. The third-order valence-electron chi connectivity index (χ3n) is 2.39. The molecule has 0 bridgehead atoms. The lowest BCUT2D eigenvalue weighted by Gasteiger charge is -2.17. The summed E-state index contributed by atoms with van der Waals surface area (Å²) in [5.41, 5.74) is 0.396. The van der Waals surface area contributed by atoms with Gasteiger partial charge in [0.05, 0.1) is 13.0 Å². The van der Waals surface area contributed by atoms with Crippen molar-refractivity contribution in [2.24, 2.45) is 0 Å². The van der Waals surface area contributed by atoms with Gasteiger partial charge in [-0.2, -0.15) is 8.78 Å². The van der Waals surface area contributed by atoms with Crippen LogP contribution in [0.4, 0.5) is 8.78 Å². The van der Waals surface area contributed by atoms with Crippen LogP contribution in [0.1, 0.15) is 5.56 Å². The maximum atomic E-state index is 12.2. The molecule has 0 unspecified atom stereocenters. The molecule has 0 radical (unpaired) electrons. The van der Waals surface area contributed by atoms with E-state index >= 15 is 0 Å². The van der Waals surface area contributed by atoms with Crippen LogP contribution in [-0.2, 0) is 11.2 Å². The van der Waals surface area contributed by atoms with Gasteiger partial charge in [0.25, 0.3) is 0 Å². The van der Waals surface area contributed by atoms with Gasteiger partial charge >= 0.3 is 6.61 Å². The van der Waals surface area contributed by atoms with Crippen molar-refractivity contribution in [1.82, 2.24) is 4.90 Å². The third kappa shape index (κ3) is 4.29. The zero-order chi connectivity index (χ0) is 13.5. The normalized spacial score (nSPS) is 10.5. The van der Waals surface area contributed by atoms with Crippen LogP contribution in [0, 0.1) is 0 Å². The number of hydrogen-bond acceptors (Lipinski definition) is 3. The number of halogens is 2. The van der Waals surface area contributed by atoms with Gasteiger partial charge in [0, 0.05) is 19.2 Å². The Morgan fingerprint density at radius 1 is 1.44 bits per heavy atom. The summed E-state index contributed by atoms with van der Waals surface area (Å²) in [5, 5.41) is 8.71. The molecule has 0 aliphatic carbocycles. The number of alkyl halides is 2. The van der Waals surface area contributed by atoms with Crippen molar-refractivity contribution >= 4 is 5.91 Å². The van der Waals surface area contributed by atoms with Crippen molar-refractivity contribution in [3.8, 4) is 5.75 Å². The molecule has 6 heteroatoms. The number of ether oxygens (including phenoxy) is 1. The first kappa shape index (κ1) is 14.4. The van der Waals surface area contributed by atoms with E-state index in [4.69, 9.17) is 5.11 Å². The van der Waals surface area contributed by atoms with Crippen molar-refractivity contribution < 1.29 is 23.4 Å². The number of carbonyl (C=O) groups is 1. The van der Waals surface area contributed by atoms with Gasteiger partial charge in [-0.1, -0.05) is 18.2 Å².